The number of allylic oxidation sites excluding steroid dienone is 2. The molecule has 4 rings (SSSR count). The van der Waals surface area contributed by atoms with Crippen molar-refractivity contribution >= 4 is 17.2 Å². The Labute approximate surface area is 246 Å². The van der Waals surface area contributed by atoms with Gasteiger partial charge < -0.3 is 0 Å². The lowest BCUT2D eigenvalue weighted by Gasteiger charge is -2.17. The summed E-state index contributed by atoms with van der Waals surface area (Å²) in [6.07, 6.45) is 2.10. The van der Waals surface area contributed by atoms with Crippen molar-refractivity contribution in [3.05, 3.63) is 123 Å². The summed E-state index contributed by atoms with van der Waals surface area (Å²) in [6, 6.07) is 19.4. The van der Waals surface area contributed by atoms with Crippen molar-refractivity contribution in [2.45, 2.75) is 95.4 Å². The Kier molecular flexibility index (Phi) is 12.1. The average molecular weight is 545 g/mol. The first-order valence-corrected chi connectivity index (χ1v) is 14.6. The van der Waals surface area contributed by atoms with Gasteiger partial charge in [0, 0.05) is 15.9 Å². The number of benzene rings is 3. The van der Waals surface area contributed by atoms with E-state index in [2.05, 4.69) is 136 Å². The molecule has 0 unspecified atom stereocenters. The van der Waals surface area contributed by atoms with Crippen LogP contribution in [-0.4, -0.2) is 0 Å². The lowest BCUT2D eigenvalue weighted by Crippen LogP contribution is -2.11. The second kappa shape index (κ2) is 13.7. The van der Waals surface area contributed by atoms with Crippen molar-refractivity contribution < 1.29 is 0 Å². The first-order valence-electron chi connectivity index (χ1n) is 14.2. The van der Waals surface area contributed by atoms with Gasteiger partial charge >= 0.3 is 0 Å². The molecule has 212 valence electrons. The van der Waals surface area contributed by atoms with Crippen molar-refractivity contribution in [2.24, 2.45) is 10.8 Å². The van der Waals surface area contributed by atoms with Gasteiger partial charge in [0.1, 0.15) is 0 Å². The van der Waals surface area contributed by atoms with Crippen LogP contribution < -0.4 is 0 Å². The Morgan fingerprint density at radius 1 is 0.692 bits per heavy atom. The molecule has 1 saturated carbocycles. The standard InChI is InChI=1S/C16H21Cl.C11H14.C9H12.C2H6/c1-7-15(5)14(3,4)16(15,6)12-9-8-11(2)13(17)10-12;1-8(2)11-7-9(3)5-6-10(11)4;1-7-4-5-8(2)9(3)6-7;1-2/h7-10H,1H2,2-6H3;5-7H,1H2,2-4H3;4-6H,1-3H3;1-2H3/t15-,16-;;;/m1.../s1. The van der Waals surface area contributed by atoms with E-state index < -0.39 is 0 Å². The lowest BCUT2D eigenvalue weighted by atomic mass is 9.87. The van der Waals surface area contributed by atoms with Crippen LogP contribution in [-0.2, 0) is 5.41 Å². The van der Waals surface area contributed by atoms with E-state index in [4.69, 9.17) is 11.6 Å². The van der Waals surface area contributed by atoms with Gasteiger partial charge in [-0.2, -0.15) is 0 Å². The molecule has 3 aromatic rings. The molecule has 0 radical (unpaired) electrons. The highest BCUT2D eigenvalue weighted by Gasteiger charge is 2.75. The van der Waals surface area contributed by atoms with Gasteiger partial charge in [0.25, 0.3) is 0 Å². The minimum Gasteiger partial charge on any atom is -0.102 e. The van der Waals surface area contributed by atoms with Gasteiger partial charge in [-0.1, -0.05) is 131 Å². The Morgan fingerprint density at radius 2 is 1.18 bits per heavy atom. The zero-order valence-electron chi connectivity index (χ0n) is 27.1. The summed E-state index contributed by atoms with van der Waals surface area (Å²) in [5.74, 6) is 0. The van der Waals surface area contributed by atoms with Crippen LogP contribution >= 0.6 is 11.6 Å². The van der Waals surface area contributed by atoms with Gasteiger partial charge in [-0.3, -0.25) is 0 Å². The largest absolute Gasteiger partial charge is 0.102 e. The topological polar surface area (TPSA) is 0 Å². The third-order valence-electron chi connectivity index (χ3n) is 9.20. The van der Waals surface area contributed by atoms with E-state index in [0.29, 0.717) is 0 Å². The van der Waals surface area contributed by atoms with Crippen LogP contribution in [0.1, 0.15) is 93.0 Å². The maximum atomic E-state index is 6.25. The lowest BCUT2D eigenvalue weighted by molar-refractivity contribution is 0.495. The minimum atomic E-state index is 0.124. The summed E-state index contributed by atoms with van der Waals surface area (Å²) < 4.78 is 0. The second-order valence-electron chi connectivity index (χ2n) is 11.8. The van der Waals surface area contributed by atoms with Gasteiger partial charge in [-0.05, 0) is 93.3 Å². The maximum Gasteiger partial charge on any atom is 0.0438 e. The fourth-order valence-corrected chi connectivity index (χ4v) is 5.67. The van der Waals surface area contributed by atoms with Crippen LogP contribution in [0.3, 0.4) is 0 Å². The van der Waals surface area contributed by atoms with E-state index >= 15 is 0 Å². The number of halogens is 1. The molecule has 1 heteroatoms. The molecular formula is C38H53Cl. The molecule has 0 spiro atoms. The molecule has 0 saturated heterocycles. The molecule has 39 heavy (non-hydrogen) atoms. The van der Waals surface area contributed by atoms with Crippen LogP contribution in [0.2, 0.25) is 5.02 Å². The third kappa shape index (κ3) is 7.15. The number of rotatable bonds is 3. The molecule has 1 fully saturated rings. The SMILES string of the molecule is C=C(C)c1cc(C)ccc1C.C=C[C@]1(C)C(C)(C)[C@@]1(C)c1ccc(C)c(Cl)c1.CC.Cc1ccc(C)c(C)c1. The molecule has 1 aliphatic rings. The summed E-state index contributed by atoms with van der Waals surface area (Å²) in [5.41, 5.74) is 12.1. The highest BCUT2D eigenvalue weighted by Crippen LogP contribution is 2.78. The van der Waals surface area contributed by atoms with E-state index in [-0.39, 0.29) is 16.2 Å². The molecule has 0 aromatic heterocycles. The highest BCUT2D eigenvalue weighted by atomic mass is 35.5. The molecule has 0 N–H and O–H groups in total. The van der Waals surface area contributed by atoms with Gasteiger partial charge in [0.05, 0.1) is 0 Å². The molecule has 1 aliphatic carbocycles. The molecule has 0 amide bonds. The Balaban J connectivity index is 0.000000300. The Morgan fingerprint density at radius 3 is 1.56 bits per heavy atom. The molecular weight excluding hydrogens is 492 g/mol. The fourth-order valence-electron chi connectivity index (χ4n) is 5.49. The van der Waals surface area contributed by atoms with Crippen LogP contribution in [0.4, 0.5) is 0 Å². The van der Waals surface area contributed by atoms with Gasteiger partial charge in [0.15, 0.2) is 0 Å². The first kappa shape index (κ1) is 34.5. The monoisotopic (exact) mass is 544 g/mol. The molecule has 2 atom stereocenters. The van der Waals surface area contributed by atoms with Crippen LogP contribution in [0, 0.1) is 52.4 Å². The zero-order valence-corrected chi connectivity index (χ0v) is 27.8. The summed E-state index contributed by atoms with van der Waals surface area (Å²) in [6.45, 7) is 35.9. The summed E-state index contributed by atoms with van der Waals surface area (Å²) in [7, 11) is 0. The second-order valence-corrected chi connectivity index (χ2v) is 12.2. The quantitative estimate of drug-likeness (QED) is 0.287. The zero-order chi connectivity index (χ0) is 30.3. The maximum absolute atomic E-state index is 6.25. The Hall–Kier alpha value is -2.57. The number of hydrogen-bond donors (Lipinski definition) is 0. The fraction of sp³-hybridized carbons (Fsp3) is 0.421. The summed E-state index contributed by atoms with van der Waals surface area (Å²) >= 11 is 6.25. The highest BCUT2D eigenvalue weighted by molar-refractivity contribution is 6.31. The van der Waals surface area contributed by atoms with Crippen molar-refractivity contribution in [3.8, 4) is 0 Å². The number of hydrogen-bond acceptors (Lipinski definition) is 0. The molecule has 0 aliphatic heterocycles. The molecule has 3 aromatic carbocycles. The van der Waals surface area contributed by atoms with Gasteiger partial charge in [-0.25, -0.2) is 0 Å². The van der Waals surface area contributed by atoms with Crippen LogP contribution in [0.25, 0.3) is 5.57 Å². The van der Waals surface area contributed by atoms with Crippen molar-refractivity contribution in [3.63, 3.8) is 0 Å². The third-order valence-corrected chi connectivity index (χ3v) is 9.60. The van der Waals surface area contributed by atoms with Crippen LogP contribution in [0.5, 0.6) is 0 Å². The molecule has 0 nitrogen and oxygen atoms in total. The van der Waals surface area contributed by atoms with E-state index in [0.717, 1.165) is 16.2 Å². The van der Waals surface area contributed by atoms with E-state index in [1.54, 1.807) is 0 Å². The summed E-state index contributed by atoms with van der Waals surface area (Å²) in [5, 5.41) is 0.859. The first-order chi connectivity index (χ1) is 18.0. The predicted molar refractivity (Wildman–Crippen MR) is 178 cm³/mol. The smallest absolute Gasteiger partial charge is 0.0438 e. The molecule has 0 heterocycles. The van der Waals surface area contributed by atoms with E-state index in [1.165, 1.54) is 38.9 Å². The van der Waals surface area contributed by atoms with Crippen molar-refractivity contribution in [1.82, 2.24) is 0 Å². The summed E-state index contributed by atoms with van der Waals surface area (Å²) in [4.78, 5) is 0. The van der Waals surface area contributed by atoms with Crippen molar-refractivity contribution in [2.75, 3.05) is 0 Å². The van der Waals surface area contributed by atoms with Gasteiger partial charge in [0.2, 0.25) is 0 Å². The van der Waals surface area contributed by atoms with Crippen molar-refractivity contribution in [1.29, 1.82) is 0 Å². The van der Waals surface area contributed by atoms with Gasteiger partial charge in [-0.15, -0.1) is 6.58 Å². The van der Waals surface area contributed by atoms with E-state index in [9.17, 15) is 0 Å². The average Bonchev–Trinajstić information content (AvgIpc) is 3.25. The molecule has 0 bridgehead atoms. The minimum absolute atomic E-state index is 0.124. The Bertz CT molecular complexity index is 1290. The van der Waals surface area contributed by atoms with E-state index in [1.807, 2.05) is 27.7 Å². The normalized spacial score (nSPS) is 20.2. The van der Waals surface area contributed by atoms with Crippen LogP contribution in [0.15, 0.2) is 73.8 Å². The predicted octanol–water partition coefficient (Wildman–Crippen LogP) is 12.1. The number of aryl methyl sites for hydroxylation is 6.